The molecule has 7 nitrogen and oxygen atoms in total. The average molecular weight is 399 g/mol. The Labute approximate surface area is 153 Å². The highest BCUT2D eigenvalue weighted by Crippen LogP contribution is 2.20. The lowest BCUT2D eigenvalue weighted by molar-refractivity contribution is -0.114. The molecule has 3 rings (SSSR count). The molecule has 3 N–H and O–H groups in total. The van der Waals surface area contributed by atoms with E-state index >= 15 is 0 Å². The van der Waals surface area contributed by atoms with Gasteiger partial charge in [-0.1, -0.05) is 28.1 Å². The lowest BCUT2D eigenvalue weighted by Gasteiger charge is -2.09. The summed E-state index contributed by atoms with van der Waals surface area (Å²) in [6, 6.07) is 15.0. The Bertz CT molecular complexity index is 902. The maximum absolute atomic E-state index is 11.1. The van der Waals surface area contributed by atoms with Crippen LogP contribution >= 0.6 is 15.9 Å². The van der Waals surface area contributed by atoms with E-state index in [9.17, 15) is 4.79 Å². The lowest BCUT2D eigenvalue weighted by Crippen LogP contribution is -2.06. The van der Waals surface area contributed by atoms with Crippen molar-refractivity contribution in [2.45, 2.75) is 6.92 Å². The van der Waals surface area contributed by atoms with E-state index in [1.54, 1.807) is 12.1 Å². The number of amides is 1. The highest BCUT2D eigenvalue weighted by Gasteiger charge is 2.04. The van der Waals surface area contributed by atoms with E-state index in [1.165, 1.54) is 13.3 Å². The Balaban J connectivity index is 1.74. The van der Waals surface area contributed by atoms with Gasteiger partial charge in [0.25, 0.3) is 0 Å². The van der Waals surface area contributed by atoms with Crippen LogP contribution in [0.1, 0.15) is 6.92 Å². The Hall–Kier alpha value is -3.00. The second-order valence-electron chi connectivity index (χ2n) is 5.16. The molecule has 1 amide bonds. The standard InChI is InChI=1S/C17H15BrN6O/c1-11(25)21-14-6-3-7-15(9-14)23-17-20-10-19-16(24-17)22-13-5-2-4-12(18)8-13/h2-10H,1H3,(H,21,25)(H2,19,20,22,23,24). The largest absolute Gasteiger partial charge is 0.326 e. The fraction of sp³-hybridized carbons (Fsp3) is 0.0588. The van der Waals surface area contributed by atoms with Crippen LogP contribution in [-0.2, 0) is 4.79 Å². The van der Waals surface area contributed by atoms with Crippen LogP contribution in [-0.4, -0.2) is 20.9 Å². The minimum Gasteiger partial charge on any atom is -0.326 e. The van der Waals surface area contributed by atoms with Gasteiger partial charge in [0.2, 0.25) is 17.8 Å². The fourth-order valence-electron chi connectivity index (χ4n) is 2.12. The maximum Gasteiger partial charge on any atom is 0.232 e. The van der Waals surface area contributed by atoms with Crippen LogP contribution in [0.5, 0.6) is 0 Å². The summed E-state index contributed by atoms with van der Waals surface area (Å²) in [5.74, 6) is 0.693. The zero-order valence-corrected chi connectivity index (χ0v) is 14.9. The Morgan fingerprint density at radius 3 is 2.16 bits per heavy atom. The van der Waals surface area contributed by atoms with Crippen LogP contribution in [0, 0.1) is 0 Å². The van der Waals surface area contributed by atoms with Gasteiger partial charge in [-0.05, 0) is 36.4 Å². The predicted octanol–water partition coefficient (Wildman–Crippen LogP) is 4.08. The van der Waals surface area contributed by atoms with Gasteiger partial charge in [0.05, 0.1) is 0 Å². The third kappa shape index (κ3) is 4.98. The number of halogens is 1. The summed E-state index contributed by atoms with van der Waals surface area (Å²) in [5, 5.41) is 8.94. The molecule has 8 heteroatoms. The Kier molecular flexibility index (Phi) is 5.20. The molecular weight excluding hydrogens is 384 g/mol. The van der Waals surface area contributed by atoms with Gasteiger partial charge >= 0.3 is 0 Å². The van der Waals surface area contributed by atoms with Crippen LogP contribution in [0.25, 0.3) is 0 Å². The van der Waals surface area contributed by atoms with Gasteiger partial charge in [0.15, 0.2) is 0 Å². The summed E-state index contributed by atoms with van der Waals surface area (Å²) in [4.78, 5) is 23.7. The van der Waals surface area contributed by atoms with Crippen LogP contribution in [0.15, 0.2) is 59.3 Å². The number of hydrogen-bond acceptors (Lipinski definition) is 6. The summed E-state index contributed by atoms with van der Waals surface area (Å²) in [6.45, 7) is 1.46. The van der Waals surface area contributed by atoms with Crippen LogP contribution < -0.4 is 16.0 Å². The molecule has 3 aromatic rings. The van der Waals surface area contributed by atoms with Crippen LogP contribution in [0.2, 0.25) is 0 Å². The first-order valence-corrected chi connectivity index (χ1v) is 8.24. The van der Waals surface area contributed by atoms with Crippen molar-refractivity contribution >= 4 is 50.8 Å². The molecule has 0 aliphatic rings. The molecule has 126 valence electrons. The second kappa shape index (κ2) is 7.71. The third-order valence-corrected chi connectivity index (χ3v) is 3.58. The molecule has 2 aromatic carbocycles. The van der Waals surface area contributed by atoms with E-state index in [0.717, 1.165) is 15.8 Å². The lowest BCUT2D eigenvalue weighted by atomic mass is 10.3. The van der Waals surface area contributed by atoms with Crippen molar-refractivity contribution < 1.29 is 4.79 Å². The molecule has 0 atom stereocenters. The quantitative estimate of drug-likeness (QED) is 0.599. The number of hydrogen-bond donors (Lipinski definition) is 3. The molecule has 0 aliphatic carbocycles. The van der Waals surface area contributed by atoms with E-state index in [2.05, 4.69) is 46.8 Å². The third-order valence-electron chi connectivity index (χ3n) is 3.09. The number of aromatic nitrogens is 3. The summed E-state index contributed by atoms with van der Waals surface area (Å²) in [7, 11) is 0. The van der Waals surface area contributed by atoms with Gasteiger partial charge in [-0.3, -0.25) is 4.79 Å². The molecule has 0 unspecified atom stereocenters. The molecule has 1 heterocycles. The number of nitrogens with zero attached hydrogens (tertiary/aromatic N) is 3. The molecule has 0 saturated carbocycles. The summed E-state index contributed by atoms with van der Waals surface area (Å²) in [6.07, 6.45) is 1.42. The summed E-state index contributed by atoms with van der Waals surface area (Å²) < 4.78 is 0.958. The predicted molar refractivity (Wildman–Crippen MR) is 101 cm³/mol. The summed E-state index contributed by atoms with van der Waals surface area (Å²) in [5.41, 5.74) is 2.31. The van der Waals surface area contributed by atoms with Gasteiger partial charge in [-0.2, -0.15) is 4.98 Å². The van der Waals surface area contributed by atoms with Gasteiger partial charge < -0.3 is 16.0 Å². The highest BCUT2D eigenvalue weighted by atomic mass is 79.9. The van der Waals surface area contributed by atoms with Crippen LogP contribution in [0.4, 0.5) is 29.0 Å². The molecule has 1 aromatic heterocycles. The first-order chi connectivity index (χ1) is 12.1. The van der Waals surface area contributed by atoms with E-state index < -0.39 is 0 Å². The van der Waals surface area contributed by atoms with E-state index in [0.29, 0.717) is 17.6 Å². The zero-order valence-electron chi connectivity index (χ0n) is 13.3. The first-order valence-electron chi connectivity index (χ1n) is 7.45. The van der Waals surface area contributed by atoms with Crippen molar-refractivity contribution in [3.05, 3.63) is 59.3 Å². The fourth-order valence-corrected chi connectivity index (χ4v) is 2.52. The number of carbonyl (C=O) groups excluding carboxylic acids is 1. The van der Waals surface area contributed by atoms with Crippen molar-refractivity contribution in [1.82, 2.24) is 15.0 Å². The van der Waals surface area contributed by atoms with Crippen molar-refractivity contribution in [2.75, 3.05) is 16.0 Å². The van der Waals surface area contributed by atoms with Crippen molar-refractivity contribution in [3.8, 4) is 0 Å². The molecule has 0 fully saturated rings. The average Bonchev–Trinajstić information content (AvgIpc) is 2.55. The zero-order chi connectivity index (χ0) is 17.6. The van der Waals surface area contributed by atoms with Gasteiger partial charge in [0.1, 0.15) is 6.33 Å². The van der Waals surface area contributed by atoms with E-state index in [4.69, 9.17) is 0 Å². The van der Waals surface area contributed by atoms with Crippen molar-refractivity contribution in [1.29, 1.82) is 0 Å². The van der Waals surface area contributed by atoms with Gasteiger partial charge in [-0.25, -0.2) is 9.97 Å². The molecular formula is C17H15BrN6O. The number of nitrogens with one attached hydrogen (secondary N) is 3. The monoisotopic (exact) mass is 398 g/mol. The number of anilines is 5. The first kappa shape index (κ1) is 16.8. The normalized spacial score (nSPS) is 10.2. The molecule has 25 heavy (non-hydrogen) atoms. The van der Waals surface area contributed by atoms with Crippen molar-refractivity contribution in [2.24, 2.45) is 0 Å². The maximum atomic E-state index is 11.1. The molecule has 0 aliphatic heterocycles. The number of carbonyl (C=O) groups is 1. The molecule has 0 saturated heterocycles. The second-order valence-corrected chi connectivity index (χ2v) is 6.07. The van der Waals surface area contributed by atoms with E-state index in [-0.39, 0.29) is 5.91 Å². The molecule has 0 radical (unpaired) electrons. The van der Waals surface area contributed by atoms with Gasteiger partial charge in [0, 0.05) is 28.5 Å². The SMILES string of the molecule is CC(=O)Nc1cccc(Nc2ncnc(Nc3cccc(Br)c3)n2)c1. The Morgan fingerprint density at radius 2 is 1.52 bits per heavy atom. The van der Waals surface area contributed by atoms with Crippen LogP contribution in [0.3, 0.4) is 0 Å². The smallest absolute Gasteiger partial charge is 0.232 e. The van der Waals surface area contributed by atoms with Crippen molar-refractivity contribution in [3.63, 3.8) is 0 Å². The van der Waals surface area contributed by atoms with E-state index in [1.807, 2.05) is 36.4 Å². The highest BCUT2D eigenvalue weighted by molar-refractivity contribution is 9.10. The Morgan fingerprint density at radius 1 is 0.920 bits per heavy atom. The minimum absolute atomic E-state index is 0.127. The number of rotatable bonds is 5. The number of benzene rings is 2. The topological polar surface area (TPSA) is 91.8 Å². The van der Waals surface area contributed by atoms with Gasteiger partial charge in [-0.15, -0.1) is 0 Å². The summed E-state index contributed by atoms with van der Waals surface area (Å²) >= 11 is 3.42. The molecule has 0 bridgehead atoms. The molecule has 0 spiro atoms. The minimum atomic E-state index is -0.127.